The van der Waals surface area contributed by atoms with Gasteiger partial charge in [-0.05, 0) is 37.8 Å². The highest BCUT2D eigenvalue weighted by Gasteiger charge is 2.58. The van der Waals surface area contributed by atoms with Crippen molar-refractivity contribution >= 4 is 30.0 Å². The summed E-state index contributed by atoms with van der Waals surface area (Å²) >= 11 is 0. The summed E-state index contributed by atoms with van der Waals surface area (Å²) in [6.45, 7) is 8.65. The van der Waals surface area contributed by atoms with Gasteiger partial charge in [0.1, 0.15) is 6.04 Å². The molecule has 7 nitrogen and oxygen atoms in total. The van der Waals surface area contributed by atoms with E-state index in [0.29, 0.717) is 32.5 Å². The molecule has 0 saturated carbocycles. The maximum absolute atomic E-state index is 13.6. The molecule has 2 aliphatic rings. The van der Waals surface area contributed by atoms with Crippen molar-refractivity contribution in [1.82, 2.24) is 10.2 Å². The number of nitrogens with two attached hydrogens (primary N) is 1. The number of amides is 2. The highest BCUT2D eigenvalue weighted by Crippen LogP contribution is 2.56. The monoisotopic (exact) mass is 527 g/mol. The fourth-order valence-electron chi connectivity index (χ4n) is 5.60. The lowest BCUT2D eigenvalue weighted by Crippen LogP contribution is -2.59. The molecule has 2 aromatic carbocycles. The van der Waals surface area contributed by atoms with Crippen LogP contribution in [0.5, 0.6) is 0 Å². The number of halogens is 1. The van der Waals surface area contributed by atoms with Crippen molar-refractivity contribution in [2.24, 2.45) is 11.1 Å². The highest BCUT2D eigenvalue weighted by molar-refractivity contribution is 6.06. The number of rotatable bonds is 7. The van der Waals surface area contributed by atoms with E-state index >= 15 is 0 Å². The van der Waals surface area contributed by atoms with Gasteiger partial charge in [0.15, 0.2) is 5.78 Å². The third kappa shape index (κ3) is 5.44. The molecule has 0 aromatic heterocycles. The van der Waals surface area contributed by atoms with Crippen LogP contribution in [0.15, 0.2) is 54.6 Å². The minimum Gasteiger partial charge on any atom is -0.374 e. The van der Waals surface area contributed by atoms with Crippen LogP contribution < -0.4 is 11.1 Å². The van der Waals surface area contributed by atoms with Crippen LogP contribution in [-0.4, -0.2) is 53.8 Å². The summed E-state index contributed by atoms with van der Waals surface area (Å²) in [7, 11) is 0. The van der Waals surface area contributed by atoms with E-state index in [1.54, 1.807) is 18.7 Å². The summed E-state index contributed by atoms with van der Waals surface area (Å²) in [5.41, 5.74) is 6.89. The lowest BCUT2D eigenvalue weighted by Gasteiger charge is -2.47. The van der Waals surface area contributed by atoms with Gasteiger partial charge >= 0.3 is 0 Å². The molecule has 8 heteroatoms. The number of benzene rings is 2. The Morgan fingerprint density at radius 1 is 1.05 bits per heavy atom. The third-order valence-corrected chi connectivity index (χ3v) is 7.96. The fraction of sp³-hybridized carbons (Fsp3) is 0.483. The first kappa shape index (κ1) is 28.8. The molecule has 4 rings (SSSR count). The molecular formula is C29H38ClN3O4. The van der Waals surface area contributed by atoms with E-state index < -0.39 is 22.9 Å². The standard InChI is InChI=1S/C29H37N3O4.ClH/c1-27(2)24(33)21-12-8-9-13-22(21)29(27)14-16-32(17-15-29)25(34)23(31-26(35)28(3,4)30)19-36-18-20-10-6-5-7-11-20;/h5-13,23H,14-19,30H2,1-4H3,(H,31,35);1H/t23-;/m1./s1. The smallest absolute Gasteiger partial charge is 0.247 e. The summed E-state index contributed by atoms with van der Waals surface area (Å²) < 4.78 is 5.85. The average Bonchev–Trinajstić information content (AvgIpc) is 3.02. The molecule has 1 atom stereocenters. The number of carbonyl (C=O) groups excluding carboxylic acids is 3. The minimum atomic E-state index is -1.12. The third-order valence-electron chi connectivity index (χ3n) is 7.96. The number of hydrogen-bond donors (Lipinski definition) is 2. The Morgan fingerprint density at radius 3 is 2.27 bits per heavy atom. The number of Topliss-reactive ketones (excluding diaryl/α,β-unsaturated/α-hetero) is 1. The van der Waals surface area contributed by atoms with Gasteiger partial charge in [-0.25, -0.2) is 0 Å². The van der Waals surface area contributed by atoms with E-state index in [2.05, 4.69) is 11.4 Å². The number of likely N-dealkylation sites (tertiary alicyclic amines) is 1. The lowest BCUT2D eigenvalue weighted by atomic mass is 9.60. The maximum atomic E-state index is 13.6. The van der Waals surface area contributed by atoms with Crippen molar-refractivity contribution in [1.29, 1.82) is 0 Å². The first-order valence-corrected chi connectivity index (χ1v) is 12.6. The Bertz CT molecular complexity index is 1140. The van der Waals surface area contributed by atoms with Gasteiger partial charge in [-0.3, -0.25) is 14.4 Å². The Balaban J connectivity index is 0.00000380. The molecule has 2 aromatic rings. The van der Waals surface area contributed by atoms with E-state index in [-0.39, 0.29) is 36.1 Å². The van der Waals surface area contributed by atoms with E-state index in [9.17, 15) is 14.4 Å². The number of piperidine rings is 1. The first-order chi connectivity index (χ1) is 17.0. The van der Waals surface area contributed by atoms with Crippen LogP contribution in [0.2, 0.25) is 0 Å². The van der Waals surface area contributed by atoms with Crippen LogP contribution in [0, 0.1) is 5.41 Å². The second-order valence-electron chi connectivity index (χ2n) is 11.2. The highest BCUT2D eigenvalue weighted by atomic mass is 35.5. The van der Waals surface area contributed by atoms with Gasteiger partial charge in [0.2, 0.25) is 11.8 Å². The number of nitrogens with one attached hydrogen (secondary N) is 1. The van der Waals surface area contributed by atoms with Gasteiger partial charge < -0.3 is 20.7 Å². The predicted molar refractivity (Wildman–Crippen MR) is 146 cm³/mol. The van der Waals surface area contributed by atoms with Crippen LogP contribution in [-0.2, 0) is 26.3 Å². The first-order valence-electron chi connectivity index (χ1n) is 12.6. The average molecular weight is 528 g/mol. The molecule has 0 radical (unpaired) electrons. The van der Waals surface area contributed by atoms with Gasteiger partial charge in [-0.1, -0.05) is 68.4 Å². The maximum Gasteiger partial charge on any atom is 0.247 e. The molecule has 2 amide bonds. The van der Waals surface area contributed by atoms with Crippen LogP contribution in [0.25, 0.3) is 0 Å². The number of carbonyl (C=O) groups is 3. The summed E-state index contributed by atoms with van der Waals surface area (Å²) in [5.74, 6) is -0.428. The van der Waals surface area contributed by atoms with Crippen molar-refractivity contribution in [3.63, 3.8) is 0 Å². The van der Waals surface area contributed by atoms with Gasteiger partial charge in [0.05, 0.1) is 18.8 Å². The molecule has 1 aliphatic carbocycles. The second kappa shape index (κ2) is 10.9. The van der Waals surface area contributed by atoms with Gasteiger partial charge in [0, 0.05) is 29.5 Å². The normalized spacial score (nSPS) is 18.6. The number of fused-ring (bicyclic) bond motifs is 2. The van der Waals surface area contributed by atoms with Gasteiger partial charge in [0.25, 0.3) is 0 Å². The van der Waals surface area contributed by atoms with Crippen LogP contribution >= 0.6 is 12.4 Å². The molecule has 37 heavy (non-hydrogen) atoms. The molecule has 0 bridgehead atoms. The minimum absolute atomic E-state index is 0. The van der Waals surface area contributed by atoms with Crippen molar-refractivity contribution in [2.45, 2.75) is 64.1 Å². The topological polar surface area (TPSA) is 102 Å². The van der Waals surface area contributed by atoms with Crippen LogP contribution in [0.3, 0.4) is 0 Å². The van der Waals surface area contributed by atoms with Crippen LogP contribution in [0.1, 0.15) is 62.0 Å². The second-order valence-corrected chi connectivity index (χ2v) is 11.2. The van der Waals surface area contributed by atoms with Gasteiger partial charge in [-0.15, -0.1) is 12.4 Å². The lowest BCUT2D eigenvalue weighted by molar-refractivity contribution is -0.141. The molecule has 1 fully saturated rings. The van der Waals surface area contributed by atoms with Crippen molar-refractivity contribution in [2.75, 3.05) is 19.7 Å². The van der Waals surface area contributed by atoms with Gasteiger partial charge in [-0.2, -0.15) is 0 Å². The molecule has 1 spiro atoms. The zero-order valence-electron chi connectivity index (χ0n) is 22.1. The summed E-state index contributed by atoms with van der Waals surface area (Å²) in [6, 6.07) is 16.7. The molecule has 1 heterocycles. The summed E-state index contributed by atoms with van der Waals surface area (Å²) in [6.07, 6.45) is 1.37. The Kier molecular flexibility index (Phi) is 8.52. The number of nitrogens with zero attached hydrogens (tertiary/aromatic N) is 1. The molecule has 3 N–H and O–H groups in total. The van der Waals surface area contributed by atoms with E-state index in [1.807, 2.05) is 62.4 Å². The quantitative estimate of drug-likeness (QED) is 0.572. The summed E-state index contributed by atoms with van der Waals surface area (Å²) in [4.78, 5) is 41.3. The van der Waals surface area contributed by atoms with E-state index in [0.717, 1.165) is 16.7 Å². The van der Waals surface area contributed by atoms with Crippen molar-refractivity contribution < 1.29 is 19.1 Å². The Labute approximate surface area is 225 Å². The van der Waals surface area contributed by atoms with Crippen LogP contribution in [0.4, 0.5) is 0 Å². The fourth-order valence-corrected chi connectivity index (χ4v) is 5.60. The summed E-state index contributed by atoms with van der Waals surface area (Å²) in [5, 5.41) is 2.81. The Hall–Kier alpha value is -2.74. The predicted octanol–water partition coefficient (Wildman–Crippen LogP) is 3.63. The number of hydrogen-bond acceptors (Lipinski definition) is 5. The molecular weight excluding hydrogens is 490 g/mol. The Morgan fingerprint density at radius 2 is 1.65 bits per heavy atom. The zero-order valence-corrected chi connectivity index (χ0v) is 22.9. The SMILES string of the molecule is CC(C)(N)C(=O)N[C@H](COCc1ccccc1)C(=O)N1CCC2(CC1)c1ccccc1C(=O)C2(C)C.Cl. The molecule has 1 aliphatic heterocycles. The van der Waals surface area contributed by atoms with E-state index in [4.69, 9.17) is 10.5 Å². The number of ether oxygens (including phenoxy) is 1. The van der Waals surface area contributed by atoms with E-state index in [1.165, 1.54) is 0 Å². The van der Waals surface area contributed by atoms with Crippen molar-refractivity contribution in [3.05, 3.63) is 71.3 Å². The largest absolute Gasteiger partial charge is 0.374 e. The zero-order chi connectivity index (χ0) is 26.1. The molecule has 1 saturated heterocycles. The van der Waals surface area contributed by atoms with Crippen molar-refractivity contribution in [3.8, 4) is 0 Å². The molecule has 200 valence electrons. The molecule has 0 unspecified atom stereocenters. The number of ketones is 1.